The first kappa shape index (κ1) is 11.6. The Balaban J connectivity index is 2.37. The maximum Gasteiger partial charge on any atom is 0.186 e. The highest BCUT2D eigenvalue weighted by molar-refractivity contribution is 7.93. The number of benzene rings is 1. The Kier molecular flexibility index (Phi) is 2.80. The zero-order valence-corrected chi connectivity index (χ0v) is 10.1. The summed E-state index contributed by atoms with van der Waals surface area (Å²) >= 11 is 0. The monoisotopic (exact) mass is 240 g/mol. The van der Waals surface area contributed by atoms with E-state index in [9.17, 15) is 13.5 Å². The molecular formula is C12H16O3S. The Labute approximate surface area is 96.0 Å². The van der Waals surface area contributed by atoms with E-state index in [-0.39, 0.29) is 6.61 Å². The third-order valence-electron chi connectivity index (χ3n) is 3.31. The third kappa shape index (κ3) is 1.66. The second-order valence-corrected chi connectivity index (χ2v) is 6.69. The highest BCUT2D eigenvalue weighted by Gasteiger charge is 2.54. The van der Waals surface area contributed by atoms with Gasteiger partial charge in [0.05, 0.1) is 16.2 Å². The van der Waals surface area contributed by atoms with Crippen LogP contribution >= 0.6 is 0 Å². The number of aliphatic hydroxyl groups is 1. The summed E-state index contributed by atoms with van der Waals surface area (Å²) in [6.07, 6.45) is 2.04. The smallest absolute Gasteiger partial charge is 0.186 e. The molecule has 16 heavy (non-hydrogen) atoms. The van der Waals surface area contributed by atoms with E-state index in [2.05, 4.69) is 0 Å². The van der Waals surface area contributed by atoms with Gasteiger partial charge in [-0.2, -0.15) is 0 Å². The number of rotatable bonds is 4. The van der Waals surface area contributed by atoms with E-state index in [1.54, 1.807) is 12.1 Å². The van der Waals surface area contributed by atoms with E-state index < -0.39 is 14.6 Å². The Hall–Kier alpha value is -0.870. The van der Waals surface area contributed by atoms with E-state index in [4.69, 9.17) is 0 Å². The molecule has 0 heterocycles. The van der Waals surface area contributed by atoms with Crippen molar-refractivity contribution in [1.29, 1.82) is 0 Å². The molecule has 0 aliphatic heterocycles. The summed E-state index contributed by atoms with van der Waals surface area (Å²) in [7, 11) is -3.35. The maximum atomic E-state index is 12.2. The Morgan fingerprint density at radius 2 is 1.81 bits per heavy atom. The van der Waals surface area contributed by atoms with Gasteiger partial charge in [0.25, 0.3) is 0 Å². The summed E-state index contributed by atoms with van der Waals surface area (Å²) in [5, 5.41) is 9.18. The van der Waals surface area contributed by atoms with Crippen LogP contribution in [-0.4, -0.2) is 24.9 Å². The normalized spacial score (nSPS) is 18.4. The van der Waals surface area contributed by atoms with Gasteiger partial charge in [-0.05, 0) is 37.0 Å². The highest BCUT2D eigenvalue weighted by atomic mass is 32.2. The molecule has 1 aliphatic carbocycles. The molecule has 88 valence electrons. The molecule has 1 fully saturated rings. The van der Waals surface area contributed by atoms with Gasteiger partial charge in [0.1, 0.15) is 0 Å². The van der Waals surface area contributed by atoms with Crippen LogP contribution in [0.15, 0.2) is 29.2 Å². The van der Waals surface area contributed by atoms with E-state index in [0.29, 0.717) is 17.7 Å². The second kappa shape index (κ2) is 3.86. The lowest BCUT2D eigenvalue weighted by Crippen LogP contribution is -2.27. The fraction of sp³-hybridized carbons (Fsp3) is 0.500. The SMILES string of the molecule is CCc1ccc(S(=O)(=O)C2(CO)CC2)cc1. The molecule has 0 unspecified atom stereocenters. The van der Waals surface area contributed by atoms with Crippen molar-refractivity contribution in [2.75, 3.05) is 6.61 Å². The summed E-state index contributed by atoms with van der Waals surface area (Å²) < 4.78 is 23.5. The van der Waals surface area contributed by atoms with Gasteiger partial charge in [0, 0.05) is 0 Å². The van der Waals surface area contributed by atoms with Crippen LogP contribution in [-0.2, 0) is 16.3 Å². The van der Waals surface area contributed by atoms with Gasteiger partial charge in [-0.3, -0.25) is 0 Å². The second-order valence-electron chi connectivity index (χ2n) is 4.34. The first-order valence-electron chi connectivity index (χ1n) is 5.50. The zero-order chi connectivity index (χ0) is 11.8. The lowest BCUT2D eigenvalue weighted by molar-refractivity contribution is 0.283. The molecule has 0 radical (unpaired) electrons. The van der Waals surface area contributed by atoms with Crippen molar-refractivity contribution in [3.63, 3.8) is 0 Å². The van der Waals surface area contributed by atoms with E-state index in [0.717, 1.165) is 12.0 Å². The molecule has 3 nitrogen and oxygen atoms in total. The molecule has 1 saturated carbocycles. The molecule has 1 N–H and O–H groups in total. The fourth-order valence-electron chi connectivity index (χ4n) is 1.81. The summed E-state index contributed by atoms with van der Waals surface area (Å²) in [6, 6.07) is 6.95. The van der Waals surface area contributed by atoms with Gasteiger partial charge in [0.15, 0.2) is 9.84 Å². The van der Waals surface area contributed by atoms with Crippen LogP contribution in [0.4, 0.5) is 0 Å². The van der Waals surface area contributed by atoms with Crippen molar-refractivity contribution >= 4 is 9.84 Å². The Morgan fingerprint density at radius 3 is 2.19 bits per heavy atom. The number of aryl methyl sites for hydroxylation is 1. The molecule has 1 aliphatic rings. The lowest BCUT2D eigenvalue weighted by Gasteiger charge is -2.13. The van der Waals surface area contributed by atoms with Crippen LogP contribution in [0.1, 0.15) is 25.3 Å². The predicted octanol–water partition coefficient (Wildman–Crippen LogP) is 1.55. The van der Waals surface area contributed by atoms with E-state index in [1.165, 1.54) is 0 Å². The van der Waals surface area contributed by atoms with Crippen LogP contribution in [0, 0.1) is 0 Å². The Morgan fingerprint density at radius 1 is 1.25 bits per heavy atom. The first-order chi connectivity index (χ1) is 7.55. The zero-order valence-electron chi connectivity index (χ0n) is 9.31. The van der Waals surface area contributed by atoms with Gasteiger partial charge in [-0.15, -0.1) is 0 Å². The standard InChI is InChI=1S/C12H16O3S/c1-2-10-3-5-11(6-4-10)16(14,15)12(9-13)7-8-12/h3-6,13H,2,7-9H2,1H3. The van der Waals surface area contributed by atoms with E-state index in [1.807, 2.05) is 19.1 Å². The average Bonchev–Trinajstić information content (AvgIpc) is 3.10. The molecule has 1 aromatic carbocycles. The van der Waals surface area contributed by atoms with Crippen molar-refractivity contribution in [2.45, 2.75) is 35.8 Å². The topological polar surface area (TPSA) is 54.4 Å². The minimum Gasteiger partial charge on any atom is -0.395 e. The number of aliphatic hydroxyl groups excluding tert-OH is 1. The van der Waals surface area contributed by atoms with E-state index >= 15 is 0 Å². The van der Waals surface area contributed by atoms with Crippen molar-refractivity contribution < 1.29 is 13.5 Å². The number of hydrogen-bond donors (Lipinski definition) is 1. The molecule has 0 amide bonds. The molecule has 0 atom stereocenters. The molecule has 2 rings (SSSR count). The average molecular weight is 240 g/mol. The molecule has 0 saturated heterocycles. The molecule has 4 heteroatoms. The van der Waals surface area contributed by atoms with Gasteiger partial charge in [0.2, 0.25) is 0 Å². The van der Waals surface area contributed by atoms with Crippen molar-refractivity contribution in [3.8, 4) is 0 Å². The summed E-state index contributed by atoms with van der Waals surface area (Å²) in [5.41, 5.74) is 1.12. The number of sulfone groups is 1. The van der Waals surface area contributed by atoms with Crippen molar-refractivity contribution in [2.24, 2.45) is 0 Å². The molecule has 0 aromatic heterocycles. The minimum absolute atomic E-state index is 0.273. The largest absolute Gasteiger partial charge is 0.395 e. The van der Waals surface area contributed by atoms with Gasteiger partial charge in [-0.1, -0.05) is 19.1 Å². The fourth-order valence-corrected chi connectivity index (χ4v) is 3.61. The molecule has 0 bridgehead atoms. The molecule has 1 aromatic rings. The van der Waals surface area contributed by atoms with Crippen molar-refractivity contribution in [1.82, 2.24) is 0 Å². The minimum atomic E-state index is -3.35. The van der Waals surface area contributed by atoms with Crippen LogP contribution in [0.2, 0.25) is 0 Å². The Bertz CT molecular complexity index is 469. The summed E-state index contributed by atoms with van der Waals surface area (Å²) in [4.78, 5) is 0.330. The molecular weight excluding hydrogens is 224 g/mol. The maximum absolute atomic E-state index is 12.2. The first-order valence-corrected chi connectivity index (χ1v) is 6.98. The van der Waals surface area contributed by atoms with Crippen molar-refractivity contribution in [3.05, 3.63) is 29.8 Å². The predicted molar refractivity (Wildman–Crippen MR) is 62.1 cm³/mol. The third-order valence-corrected chi connectivity index (χ3v) is 5.88. The highest BCUT2D eigenvalue weighted by Crippen LogP contribution is 2.46. The van der Waals surface area contributed by atoms with Gasteiger partial charge < -0.3 is 5.11 Å². The lowest BCUT2D eigenvalue weighted by atomic mass is 10.2. The van der Waals surface area contributed by atoms with Crippen LogP contribution in [0.25, 0.3) is 0 Å². The summed E-state index contributed by atoms with van der Waals surface area (Å²) in [5.74, 6) is 0. The van der Waals surface area contributed by atoms with Gasteiger partial charge in [-0.25, -0.2) is 8.42 Å². The molecule has 0 spiro atoms. The number of hydrogen-bond acceptors (Lipinski definition) is 3. The quantitative estimate of drug-likeness (QED) is 0.868. The van der Waals surface area contributed by atoms with Crippen LogP contribution in [0.5, 0.6) is 0 Å². The van der Waals surface area contributed by atoms with Crippen LogP contribution in [0.3, 0.4) is 0 Å². The summed E-state index contributed by atoms with van der Waals surface area (Å²) in [6.45, 7) is 1.75. The van der Waals surface area contributed by atoms with Crippen LogP contribution < -0.4 is 0 Å². The van der Waals surface area contributed by atoms with Gasteiger partial charge >= 0.3 is 0 Å².